The zero-order valence-electron chi connectivity index (χ0n) is 14.3. The second-order valence-corrected chi connectivity index (χ2v) is 5.62. The fraction of sp³-hybridized carbons (Fsp3) is 0.778. The maximum atomic E-state index is 11.6. The molecule has 0 saturated carbocycles. The lowest BCUT2D eigenvalue weighted by Crippen LogP contribution is -2.24. The van der Waals surface area contributed by atoms with Gasteiger partial charge in [0.2, 0.25) is 0 Å². The molecule has 0 aromatic carbocycles. The van der Waals surface area contributed by atoms with E-state index < -0.39 is 11.9 Å². The van der Waals surface area contributed by atoms with Gasteiger partial charge in [0.15, 0.2) is 6.29 Å². The molecule has 1 rings (SSSR count). The lowest BCUT2D eigenvalue weighted by molar-refractivity contribution is -0.154. The molecule has 0 radical (unpaired) electrons. The summed E-state index contributed by atoms with van der Waals surface area (Å²) in [6.45, 7) is 4.65. The molecule has 23 heavy (non-hydrogen) atoms. The predicted molar refractivity (Wildman–Crippen MR) is 86.6 cm³/mol. The highest BCUT2D eigenvalue weighted by atomic mass is 16.7. The smallest absolute Gasteiger partial charge is 0.316 e. The minimum atomic E-state index is -0.630. The van der Waals surface area contributed by atoms with Gasteiger partial charge in [-0.05, 0) is 46.0 Å². The Kier molecular flexibility index (Phi) is 10.3. The highest BCUT2D eigenvalue weighted by molar-refractivity contribution is 5.97. The number of esters is 1. The second-order valence-electron chi connectivity index (χ2n) is 5.62. The molecule has 1 aliphatic heterocycles. The van der Waals surface area contributed by atoms with Crippen LogP contribution in [0.3, 0.4) is 0 Å². The van der Waals surface area contributed by atoms with Crippen LogP contribution in [0.25, 0.3) is 0 Å². The van der Waals surface area contributed by atoms with Crippen molar-refractivity contribution in [1.82, 2.24) is 0 Å². The summed E-state index contributed by atoms with van der Waals surface area (Å²) < 4.78 is 15.9. The zero-order chi connectivity index (χ0) is 16.9. The molecule has 5 heteroatoms. The highest BCUT2D eigenvalue weighted by Gasteiger charge is 2.23. The van der Waals surface area contributed by atoms with Gasteiger partial charge in [0, 0.05) is 13.0 Å². The quantitative estimate of drug-likeness (QED) is 0.282. The summed E-state index contributed by atoms with van der Waals surface area (Å²) in [5, 5.41) is 0. The number of rotatable bonds is 9. The van der Waals surface area contributed by atoms with Crippen LogP contribution in [0.15, 0.2) is 0 Å². The first kappa shape index (κ1) is 19.7. The highest BCUT2D eigenvalue weighted by Crippen LogP contribution is 2.14. The fourth-order valence-electron chi connectivity index (χ4n) is 2.41. The van der Waals surface area contributed by atoms with Crippen LogP contribution in [0, 0.1) is 17.8 Å². The number of ether oxygens (including phenoxy) is 3. The van der Waals surface area contributed by atoms with Crippen LogP contribution < -0.4 is 0 Å². The Morgan fingerprint density at radius 3 is 2.74 bits per heavy atom. The van der Waals surface area contributed by atoms with Crippen LogP contribution in [0.1, 0.15) is 58.8 Å². The van der Waals surface area contributed by atoms with Crippen molar-refractivity contribution in [2.24, 2.45) is 5.92 Å². The molecule has 0 aliphatic carbocycles. The first-order valence-corrected chi connectivity index (χ1v) is 8.51. The molecule has 0 aromatic rings. The molecular formula is C18H28O5. The number of ketones is 1. The van der Waals surface area contributed by atoms with E-state index in [1.54, 1.807) is 6.92 Å². The van der Waals surface area contributed by atoms with Crippen molar-refractivity contribution in [3.05, 3.63) is 0 Å². The first-order chi connectivity index (χ1) is 11.1. The number of unbranched alkanes of at least 4 members (excludes halogenated alkanes) is 2. The summed E-state index contributed by atoms with van der Waals surface area (Å²) in [6, 6.07) is 0. The molecule has 1 saturated heterocycles. The summed E-state index contributed by atoms with van der Waals surface area (Å²) in [7, 11) is 0. The van der Waals surface area contributed by atoms with Gasteiger partial charge in [-0.1, -0.05) is 12.3 Å². The molecule has 1 heterocycles. The molecule has 0 aromatic heterocycles. The van der Waals surface area contributed by atoms with Crippen molar-refractivity contribution < 1.29 is 23.8 Å². The number of hydrogen-bond acceptors (Lipinski definition) is 5. The number of hydrogen-bond donors (Lipinski definition) is 0. The van der Waals surface area contributed by atoms with Crippen LogP contribution in [-0.2, 0) is 23.8 Å². The summed E-state index contributed by atoms with van der Waals surface area (Å²) >= 11 is 0. The molecule has 5 nitrogen and oxygen atoms in total. The molecule has 0 bridgehead atoms. The van der Waals surface area contributed by atoms with E-state index in [4.69, 9.17) is 14.2 Å². The number of Topliss-reactive ketones (excluding diaryl/α,β-unsaturated/α-hetero) is 1. The molecule has 2 unspecified atom stereocenters. The van der Waals surface area contributed by atoms with Gasteiger partial charge < -0.3 is 14.2 Å². The largest absolute Gasteiger partial charge is 0.465 e. The van der Waals surface area contributed by atoms with Crippen LogP contribution in [0.2, 0.25) is 0 Å². The van der Waals surface area contributed by atoms with Gasteiger partial charge in [0.05, 0.1) is 6.61 Å². The fourth-order valence-corrected chi connectivity index (χ4v) is 2.41. The SMILES string of the molecule is CCOC(=O)C(CCCCC#CCOC1CCCCO1)C(C)=O. The monoisotopic (exact) mass is 324 g/mol. The Balaban J connectivity index is 2.10. The Hall–Kier alpha value is -1.38. The maximum Gasteiger partial charge on any atom is 0.316 e. The van der Waals surface area contributed by atoms with E-state index in [0.29, 0.717) is 19.6 Å². The Morgan fingerprint density at radius 2 is 2.09 bits per heavy atom. The minimum absolute atomic E-state index is 0.0982. The maximum absolute atomic E-state index is 11.6. The molecule has 1 aliphatic rings. The molecule has 0 N–H and O–H groups in total. The van der Waals surface area contributed by atoms with Crippen molar-refractivity contribution in [2.45, 2.75) is 65.1 Å². The average molecular weight is 324 g/mol. The summed E-state index contributed by atoms with van der Waals surface area (Å²) in [4.78, 5) is 23.1. The first-order valence-electron chi connectivity index (χ1n) is 8.51. The Labute approximate surface area is 139 Å². The van der Waals surface area contributed by atoms with Gasteiger partial charge >= 0.3 is 5.97 Å². The Bertz CT molecular complexity index is 415. The normalized spacial score (nSPS) is 18.6. The standard InChI is InChI=1S/C18H28O5/c1-3-21-18(20)16(15(2)19)11-7-5-4-6-9-13-22-17-12-8-10-14-23-17/h16-17H,3-5,7-8,10-14H2,1-2H3. The van der Waals surface area contributed by atoms with Crippen molar-refractivity contribution in [3.63, 3.8) is 0 Å². The Morgan fingerprint density at radius 1 is 1.26 bits per heavy atom. The van der Waals surface area contributed by atoms with Gasteiger partial charge in [-0.3, -0.25) is 9.59 Å². The van der Waals surface area contributed by atoms with Gasteiger partial charge in [0.1, 0.15) is 18.3 Å². The number of carbonyl (C=O) groups is 2. The lowest BCUT2D eigenvalue weighted by Gasteiger charge is -2.21. The molecule has 130 valence electrons. The van der Waals surface area contributed by atoms with Crippen LogP contribution in [-0.4, -0.2) is 37.9 Å². The molecule has 2 atom stereocenters. The van der Waals surface area contributed by atoms with Gasteiger partial charge in [-0.2, -0.15) is 0 Å². The van der Waals surface area contributed by atoms with E-state index in [1.165, 1.54) is 6.92 Å². The second kappa shape index (κ2) is 12.1. The lowest BCUT2D eigenvalue weighted by atomic mass is 9.98. The van der Waals surface area contributed by atoms with E-state index >= 15 is 0 Å². The van der Waals surface area contributed by atoms with Gasteiger partial charge in [0.25, 0.3) is 0 Å². The van der Waals surface area contributed by atoms with E-state index in [9.17, 15) is 9.59 Å². The third kappa shape index (κ3) is 8.73. The molecule has 0 spiro atoms. The third-order valence-electron chi connectivity index (χ3n) is 3.71. The average Bonchev–Trinajstić information content (AvgIpc) is 2.54. The minimum Gasteiger partial charge on any atom is -0.465 e. The van der Waals surface area contributed by atoms with Crippen molar-refractivity contribution >= 4 is 11.8 Å². The van der Waals surface area contributed by atoms with Gasteiger partial charge in [-0.15, -0.1) is 5.92 Å². The molecule has 0 amide bonds. The van der Waals surface area contributed by atoms with Gasteiger partial charge in [-0.25, -0.2) is 0 Å². The summed E-state index contributed by atoms with van der Waals surface area (Å²) in [5.41, 5.74) is 0. The summed E-state index contributed by atoms with van der Waals surface area (Å²) in [6.07, 6.45) is 6.01. The van der Waals surface area contributed by atoms with E-state index in [1.807, 2.05) is 0 Å². The van der Waals surface area contributed by atoms with Crippen molar-refractivity contribution in [2.75, 3.05) is 19.8 Å². The topological polar surface area (TPSA) is 61.8 Å². The van der Waals surface area contributed by atoms with Crippen molar-refractivity contribution in [3.8, 4) is 11.8 Å². The third-order valence-corrected chi connectivity index (χ3v) is 3.71. The predicted octanol–water partition coefficient (Wildman–Crippen LogP) is 2.86. The van der Waals surface area contributed by atoms with E-state index in [2.05, 4.69) is 11.8 Å². The van der Waals surface area contributed by atoms with Crippen LogP contribution in [0.4, 0.5) is 0 Å². The zero-order valence-corrected chi connectivity index (χ0v) is 14.3. The van der Waals surface area contributed by atoms with Crippen molar-refractivity contribution in [1.29, 1.82) is 0 Å². The van der Waals surface area contributed by atoms with Crippen LogP contribution in [0.5, 0.6) is 0 Å². The number of carbonyl (C=O) groups excluding carboxylic acids is 2. The summed E-state index contributed by atoms with van der Waals surface area (Å²) in [5.74, 6) is 4.86. The molecule has 1 fully saturated rings. The molecular weight excluding hydrogens is 296 g/mol. The van der Waals surface area contributed by atoms with E-state index in [0.717, 1.165) is 45.1 Å². The van der Waals surface area contributed by atoms with Crippen LogP contribution >= 0.6 is 0 Å². The van der Waals surface area contributed by atoms with E-state index in [-0.39, 0.29) is 12.1 Å².